The van der Waals surface area contributed by atoms with E-state index in [1.807, 2.05) is 36.7 Å². The number of amides is 1. The molecule has 2 aromatic heterocycles. The third-order valence-electron chi connectivity index (χ3n) is 5.01. The van der Waals surface area contributed by atoms with Crippen LogP contribution in [0.4, 0.5) is 0 Å². The number of H-pyrrole nitrogens is 1. The molecular weight excluding hydrogens is 334 g/mol. The first kappa shape index (κ1) is 16.3. The fourth-order valence-corrected chi connectivity index (χ4v) is 4.03. The van der Waals surface area contributed by atoms with Crippen LogP contribution < -0.4 is 5.32 Å². The number of para-hydroxylation sites is 1. The van der Waals surface area contributed by atoms with Gasteiger partial charge in [0, 0.05) is 36.4 Å². The van der Waals surface area contributed by atoms with Crippen molar-refractivity contribution in [3.8, 4) is 0 Å². The molecule has 1 atom stereocenters. The molecule has 2 heterocycles. The number of aromatic nitrogens is 2. The number of benzene rings is 1. The van der Waals surface area contributed by atoms with Gasteiger partial charge in [-0.1, -0.05) is 23.7 Å². The molecule has 0 radical (unpaired) electrons. The Morgan fingerprint density at radius 2 is 2.12 bits per heavy atom. The monoisotopic (exact) mass is 355 g/mol. The first-order chi connectivity index (χ1) is 12.2. The van der Waals surface area contributed by atoms with Gasteiger partial charge in [0.25, 0.3) is 0 Å². The Bertz CT molecular complexity index is 882. The Morgan fingerprint density at radius 1 is 1.28 bits per heavy atom. The predicted molar refractivity (Wildman–Crippen MR) is 101 cm³/mol. The van der Waals surface area contributed by atoms with Crippen LogP contribution in [0.1, 0.15) is 43.0 Å². The van der Waals surface area contributed by atoms with Gasteiger partial charge in [-0.25, -0.2) is 0 Å². The standard InChI is InChI=1S/C20H22ClN3O/c21-16-8-3-6-14-15-7-4-9-17(20(15)23-19(14)16)22-18(25)10-5-13-24-11-1-2-12-24/h1-3,6,8,11-12,17,23H,4-5,7,9-10,13H2,(H,22,25). The molecule has 1 aliphatic carbocycles. The van der Waals surface area contributed by atoms with Crippen molar-refractivity contribution < 1.29 is 4.79 Å². The van der Waals surface area contributed by atoms with Crippen molar-refractivity contribution in [2.24, 2.45) is 0 Å². The highest BCUT2D eigenvalue weighted by molar-refractivity contribution is 6.35. The highest BCUT2D eigenvalue weighted by Crippen LogP contribution is 2.36. The number of carbonyl (C=O) groups excluding carboxylic acids is 1. The van der Waals surface area contributed by atoms with Crippen LogP contribution in [0.15, 0.2) is 42.7 Å². The summed E-state index contributed by atoms with van der Waals surface area (Å²) in [4.78, 5) is 15.8. The summed E-state index contributed by atoms with van der Waals surface area (Å²) in [5.41, 5.74) is 3.43. The molecule has 0 fully saturated rings. The quantitative estimate of drug-likeness (QED) is 0.690. The maximum absolute atomic E-state index is 12.4. The van der Waals surface area contributed by atoms with Crippen LogP contribution in [-0.4, -0.2) is 15.5 Å². The van der Waals surface area contributed by atoms with Gasteiger partial charge in [-0.2, -0.15) is 0 Å². The number of aryl methyl sites for hydroxylation is 2. The minimum Gasteiger partial charge on any atom is -0.355 e. The highest BCUT2D eigenvalue weighted by atomic mass is 35.5. The summed E-state index contributed by atoms with van der Waals surface area (Å²) in [6, 6.07) is 10.1. The van der Waals surface area contributed by atoms with Crippen LogP contribution in [-0.2, 0) is 17.8 Å². The molecule has 25 heavy (non-hydrogen) atoms. The van der Waals surface area contributed by atoms with Crippen LogP contribution in [0, 0.1) is 0 Å². The normalized spacial score (nSPS) is 16.8. The lowest BCUT2D eigenvalue weighted by molar-refractivity contribution is -0.122. The number of carbonyl (C=O) groups is 1. The molecule has 1 amide bonds. The topological polar surface area (TPSA) is 49.8 Å². The van der Waals surface area contributed by atoms with E-state index in [1.165, 1.54) is 10.9 Å². The minimum atomic E-state index is 0.0614. The summed E-state index contributed by atoms with van der Waals surface area (Å²) in [6.07, 6.45) is 8.54. The van der Waals surface area contributed by atoms with Gasteiger partial charge in [0.05, 0.1) is 16.6 Å². The van der Waals surface area contributed by atoms with Gasteiger partial charge in [0.15, 0.2) is 0 Å². The molecule has 1 aromatic carbocycles. The Labute approximate surface area is 152 Å². The summed E-state index contributed by atoms with van der Waals surface area (Å²) in [5.74, 6) is 0.120. The van der Waals surface area contributed by atoms with E-state index in [0.717, 1.165) is 48.5 Å². The number of fused-ring (bicyclic) bond motifs is 3. The van der Waals surface area contributed by atoms with E-state index in [0.29, 0.717) is 6.42 Å². The average molecular weight is 356 g/mol. The molecule has 0 saturated heterocycles. The molecule has 130 valence electrons. The van der Waals surface area contributed by atoms with Gasteiger partial charge in [-0.05, 0) is 49.4 Å². The lowest BCUT2D eigenvalue weighted by Crippen LogP contribution is -2.31. The number of nitrogens with zero attached hydrogens (tertiary/aromatic N) is 1. The first-order valence-electron chi connectivity index (χ1n) is 8.91. The van der Waals surface area contributed by atoms with Crippen LogP contribution in [0.2, 0.25) is 5.02 Å². The van der Waals surface area contributed by atoms with Crippen LogP contribution in [0.25, 0.3) is 10.9 Å². The Hall–Kier alpha value is -2.20. The van der Waals surface area contributed by atoms with Gasteiger partial charge >= 0.3 is 0 Å². The number of hydrogen-bond donors (Lipinski definition) is 2. The summed E-state index contributed by atoms with van der Waals surface area (Å²) in [7, 11) is 0. The van der Waals surface area contributed by atoms with E-state index in [4.69, 9.17) is 11.6 Å². The third kappa shape index (κ3) is 3.31. The van der Waals surface area contributed by atoms with Crippen molar-refractivity contribution in [1.82, 2.24) is 14.9 Å². The van der Waals surface area contributed by atoms with Crippen molar-refractivity contribution in [2.45, 2.75) is 44.7 Å². The Kier molecular flexibility index (Phi) is 4.53. The van der Waals surface area contributed by atoms with Crippen LogP contribution in [0.3, 0.4) is 0 Å². The molecule has 5 heteroatoms. The molecule has 1 unspecified atom stereocenters. The van der Waals surface area contributed by atoms with Gasteiger partial charge < -0.3 is 14.9 Å². The van der Waals surface area contributed by atoms with Gasteiger partial charge in [0.2, 0.25) is 5.91 Å². The van der Waals surface area contributed by atoms with Crippen molar-refractivity contribution >= 4 is 28.4 Å². The predicted octanol–water partition coefficient (Wildman–Crippen LogP) is 4.60. The van der Waals surface area contributed by atoms with Crippen LogP contribution >= 0.6 is 11.6 Å². The summed E-state index contributed by atoms with van der Waals surface area (Å²) < 4.78 is 2.10. The molecule has 2 N–H and O–H groups in total. The van der Waals surface area contributed by atoms with Crippen molar-refractivity contribution in [3.05, 3.63) is 59.0 Å². The van der Waals surface area contributed by atoms with E-state index in [2.05, 4.69) is 20.9 Å². The largest absolute Gasteiger partial charge is 0.355 e. The van der Waals surface area contributed by atoms with E-state index in [9.17, 15) is 4.79 Å². The second-order valence-corrected chi connectivity index (χ2v) is 7.12. The Morgan fingerprint density at radius 3 is 2.96 bits per heavy atom. The van der Waals surface area contributed by atoms with Crippen molar-refractivity contribution in [3.63, 3.8) is 0 Å². The summed E-state index contributed by atoms with van der Waals surface area (Å²) >= 11 is 6.33. The fourth-order valence-electron chi connectivity index (χ4n) is 3.80. The molecule has 0 saturated carbocycles. The zero-order chi connectivity index (χ0) is 17.2. The summed E-state index contributed by atoms with van der Waals surface area (Å²) in [6.45, 7) is 0.873. The number of halogens is 1. The Balaban J connectivity index is 1.44. The number of hydrogen-bond acceptors (Lipinski definition) is 1. The molecule has 1 aliphatic rings. The minimum absolute atomic E-state index is 0.0614. The number of rotatable bonds is 5. The zero-order valence-corrected chi connectivity index (χ0v) is 14.9. The van der Waals surface area contributed by atoms with Crippen LogP contribution in [0.5, 0.6) is 0 Å². The number of nitrogens with one attached hydrogen (secondary N) is 2. The van der Waals surface area contributed by atoms with Gasteiger partial charge in [0.1, 0.15) is 0 Å². The smallest absolute Gasteiger partial charge is 0.220 e. The van der Waals surface area contributed by atoms with E-state index in [-0.39, 0.29) is 11.9 Å². The second-order valence-electron chi connectivity index (χ2n) is 6.72. The molecule has 0 bridgehead atoms. The van der Waals surface area contributed by atoms with E-state index in [1.54, 1.807) is 0 Å². The zero-order valence-electron chi connectivity index (χ0n) is 14.1. The molecule has 4 nitrogen and oxygen atoms in total. The second kappa shape index (κ2) is 6.96. The SMILES string of the molecule is O=C(CCCn1cccc1)NC1CCCc2c1[nH]c1c(Cl)cccc21. The van der Waals surface area contributed by atoms with Gasteiger partial charge in [-0.3, -0.25) is 4.79 Å². The molecular formula is C20H22ClN3O. The van der Waals surface area contributed by atoms with Crippen molar-refractivity contribution in [2.75, 3.05) is 0 Å². The fraction of sp³-hybridized carbons (Fsp3) is 0.350. The maximum atomic E-state index is 12.4. The third-order valence-corrected chi connectivity index (χ3v) is 5.33. The molecule has 3 aromatic rings. The van der Waals surface area contributed by atoms with E-state index >= 15 is 0 Å². The lowest BCUT2D eigenvalue weighted by atomic mass is 9.91. The van der Waals surface area contributed by atoms with Crippen molar-refractivity contribution in [1.29, 1.82) is 0 Å². The van der Waals surface area contributed by atoms with Gasteiger partial charge in [-0.15, -0.1) is 0 Å². The lowest BCUT2D eigenvalue weighted by Gasteiger charge is -2.24. The first-order valence-corrected chi connectivity index (χ1v) is 9.29. The highest BCUT2D eigenvalue weighted by Gasteiger charge is 2.25. The number of aromatic amines is 1. The maximum Gasteiger partial charge on any atom is 0.220 e. The molecule has 0 aliphatic heterocycles. The summed E-state index contributed by atoms with van der Waals surface area (Å²) in [5, 5.41) is 5.14. The van der Waals surface area contributed by atoms with E-state index < -0.39 is 0 Å². The molecule has 4 rings (SSSR count). The molecule has 0 spiro atoms. The average Bonchev–Trinajstić information content (AvgIpc) is 3.24.